The molecule has 0 saturated carbocycles. The minimum atomic E-state index is 0.183. The Labute approximate surface area is 110 Å². The molecule has 0 amide bonds. The molecule has 0 aromatic carbocycles. The minimum Gasteiger partial charge on any atom is -0.326 e. The van der Waals surface area contributed by atoms with Gasteiger partial charge in [0.05, 0.1) is 6.04 Å². The van der Waals surface area contributed by atoms with Crippen molar-refractivity contribution < 1.29 is 0 Å². The summed E-state index contributed by atoms with van der Waals surface area (Å²) in [6, 6.07) is 4.65. The quantitative estimate of drug-likeness (QED) is 0.889. The molecule has 3 nitrogen and oxygen atoms in total. The lowest BCUT2D eigenvalue weighted by Gasteiger charge is -2.33. The van der Waals surface area contributed by atoms with Crippen molar-refractivity contribution in [3.05, 3.63) is 30.1 Å². The van der Waals surface area contributed by atoms with Crippen molar-refractivity contribution in [2.45, 2.75) is 45.7 Å². The average Bonchev–Trinajstić information content (AvgIpc) is 2.71. The first-order valence-corrected chi connectivity index (χ1v) is 6.93. The number of nitrogens with two attached hydrogens (primary N) is 1. The van der Waals surface area contributed by atoms with Gasteiger partial charge in [0, 0.05) is 25.0 Å². The first kappa shape index (κ1) is 13.5. The Morgan fingerprint density at radius 2 is 2.28 bits per heavy atom. The Morgan fingerprint density at radius 3 is 2.78 bits per heavy atom. The van der Waals surface area contributed by atoms with Crippen LogP contribution in [0.5, 0.6) is 0 Å². The summed E-state index contributed by atoms with van der Waals surface area (Å²) in [6.45, 7) is 9.10. The zero-order valence-electron chi connectivity index (χ0n) is 11.8. The van der Waals surface area contributed by atoms with Gasteiger partial charge in [-0.25, -0.2) is 0 Å². The predicted octanol–water partition coefficient (Wildman–Crippen LogP) is 2.59. The van der Waals surface area contributed by atoms with Crippen LogP contribution in [0.3, 0.4) is 0 Å². The van der Waals surface area contributed by atoms with Crippen molar-refractivity contribution in [1.82, 2.24) is 9.88 Å². The van der Waals surface area contributed by atoms with Crippen LogP contribution in [-0.2, 0) is 0 Å². The Hall–Kier alpha value is -0.930. The second-order valence-corrected chi connectivity index (χ2v) is 6.19. The zero-order chi connectivity index (χ0) is 13.2. The maximum Gasteiger partial charge on any atom is 0.0514 e. The highest BCUT2D eigenvalue weighted by Crippen LogP contribution is 2.36. The molecule has 1 aromatic heterocycles. The summed E-state index contributed by atoms with van der Waals surface area (Å²) in [5.74, 6) is 0. The van der Waals surface area contributed by atoms with Crippen LogP contribution < -0.4 is 5.73 Å². The van der Waals surface area contributed by atoms with Crippen LogP contribution in [0, 0.1) is 5.41 Å². The van der Waals surface area contributed by atoms with Gasteiger partial charge >= 0.3 is 0 Å². The van der Waals surface area contributed by atoms with Crippen LogP contribution in [0.1, 0.15) is 45.2 Å². The van der Waals surface area contributed by atoms with E-state index in [2.05, 4.69) is 36.7 Å². The molecule has 2 unspecified atom stereocenters. The largest absolute Gasteiger partial charge is 0.326 e. The van der Waals surface area contributed by atoms with Crippen LogP contribution in [-0.4, -0.2) is 29.0 Å². The predicted molar refractivity (Wildman–Crippen MR) is 75.2 cm³/mol. The molecular formula is C15H25N3. The minimum absolute atomic E-state index is 0.183. The molecule has 0 radical (unpaired) electrons. The molecule has 1 saturated heterocycles. The molecule has 2 N–H and O–H groups in total. The van der Waals surface area contributed by atoms with Gasteiger partial charge in [-0.3, -0.25) is 9.88 Å². The first-order valence-electron chi connectivity index (χ1n) is 6.93. The van der Waals surface area contributed by atoms with Crippen LogP contribution in [0.15, 0.2) is 24.5 Å². The molecule has 1 aliphatic heterocycles. The fraction of sp³-hybridized carbons (Fsp3) is 0.667. The van der Waals surface area contributed by atoms with Gasteiger partial charge < -0.3 is 5.73 Å². The molecule has 0 spiro atoms. The second kappa shape index (κ2) is 5.37. The van der Waals surface area contributed by atoms with Crippen molar-refractivity contribution in [2.75, 3.05) is 13.1 Å². The molecule has 100 valence electrons. The Morgan fingerprint density at radius 1 is 1.50 bits per heavy atom. The molecule has 2 heterocycles. The van der Waals surface area contributed by atoms with Gasteiger partial charge in [-0.15, -0.1) is 0 Å². The van der Waals surface area contributed by atoms with E-state index in [1.165, 1.54) is 12.0 Å². The smallest absolute Gasteiger partial charge is 0.0514 e. The molecule has 0 bridgehead atoms. The van der Waals surface area contributed by atoms with Crippen LogP contribution in [0.4, 0.5) is 0 Å². The zero-order valence-corrected chi connectivity index (χ0v) is 11.8. The molecule has 1 aromatic rings. The summed E-state index contributed by atoms with van der Waals surface area (Å²) in [4.78, 5) is 6.78. The SMILES string of the molecule is CCC(N)C(c1cccnc1)N1CCC(C)(C)C1. The Balaban J connectivity index is 2.22. The highest BCUT2D eigenvalue weighted by Gasteiger charge is 2.35. The molecule has 1 fully saturated rings. The summed E-state index contributed by atoms with van der Waals surface area (Å²) < 4.78 is 0. The van der Waals surface area contributed by atoms with Crippen molar-refractivity contribution in [3.8, 4) is 0 Å². The lowest BCUT2D eigenvalue weighted by atomic mass is 9.92. The molecule has 0 aliphatic carbocycles. The van der Waals surface area contributed by atoms with E-state index in [0.29, 0.717) is 11.5 Å². The number of rotatable bonds is 4. The molecule has 1 aliphatic rings. The van der Waals surface area contributed by atoms with Crippen molar-refractivity contribution >= 4 is 0 Å². The monoisotopic (exact) mass is 247 g/mol. The maximum atomic E-state index is 6.35. The fourth-order valence-corrected chi connectivity index (χ4v) is 2.89. The third-order valence-corrected chi connectivity index (χ3v) is 4.00. The molecular weight excluding hydrogens is 222 g/mol. The van der Waals surface area contributed by atoms with Gasteiger partial charge in [0.25, 0.3) is 0 Å². The highest BCUT2D eigenvalue weighted by molar-refractivity contribution is 5.17. The van der Waals surface area contributed by atoms with Crippen molar-refractivity contribution in [1.29, 1.82) is 0 Å². The molecule has 2 rings (SSSR count). The van der Waals surface area contributed by atoms with Crippen molar-refractivity contribution in [3.63, 3.8) is 0 Å². The van der Waals surface area contributed by atoms with Crippen LogP contribution in [0.2, 0.25) is 0 Å². The number of hydrogen-bond donors (Lipinski definition) is 1. The summed E-state index contributed by atoms with van der Waals surface area (Å²) in [6.07, 6.45) is 6.04. The van der Waals surface area contributed by atoms with E-state index < -0.39 is 0 Å². The maximum absolute atomic E-state index is 6.35. The summed E-state index contributed by atoms with van der Waals surface area (Å²) in [5.41, 5.74) is 8.01. The number of likely N-dealkylation sites (tertiary alicyclic amines) is 1. The highest BCUT2D eigenvalue weighted by atomic mass is 15.2. The lowest BCUT2D eigenvalue weighted by molar-refractivity contribution is 0.189. The van der Waals surface area contributed by atoms with Gasteiger partial charge in [-0.05, 0) is 36.4 Å². The fourth-order valence-electron chi connectivity index (χ4n) is 2.89. The summed E-state index contributed by atoms with van der Waals surface area (Å²) >= 11 is 0. The summed E-state index contributed by atoms with van der Waals surface area (Å²) in [7, 11) is 0. The topological polar surface area (TPSA) is 42.1 Å². The lowest BCUT2D eigenvalue weighted by Crippen LogP contribution is -2.40. The van der Waals surface area contributed by atoms with E-state index in [1.807, 2.05) is 18.5 Å². The summed E-state index contributed by atoms with van der Waals surface area (Å²) in [5, 5.41) is 0. The van der Waals surface area contributed by atoms with Gasteiger partial charge in [-0.1, -0.05) is 26.8 Å². The number of pyridine rings is 1. The Bertz CT molecular complexity index is 375. The number of hydrogen-bond acceptors (Lipinski definition) is 3. The van der Waals surface area contributed by atoms with Crippen molar-refractivity contribution in [2.24, 2.45) is 11.1 Å². The molecule has 2 atom stereocenters. The molecule has 3 heteroatoms. The van der Waals surface area contributed by atoms with E-state index >= 15 is 0 Å². The van der Waals surface area contributed by atoms with Gasteiger partial charge in [0.15, 0.2) is 0 Å². The van der Waals surface area contributed by atoms with E-state index in [9.17, 15) is 0 Å². The van der Waals surface area contributed by atoms with E-state index in [0.717, 1.165) is 19.5 Å². The normalized spacial score (nSPS) is 22.9. The van der Waals surface area contributed by atoms with Gasteiger partial charge in [0.2, 0.25) is 0 Å². The second-order valence-electron chi connectivity index (χ2n) is 6.19. The number of nitrogens with zero attached hydrogens (tertiary/aromatic N) is 2. The van der Waals surface area contributed by atoms with E-state index in [4.69, 9.17) is 5.73 Å². The first-order chi connectivity index (χ1) is 8.53. The van der Waals surface area contributed by atoms with E-state index in [-0.39, 0.29) is 6.04 Å². The third-order valence-electron chi connectivity index (χ3n) is 4.00. The average molecular weight is 247 g/mol. The van der Waals surface area contributed by atoms with Gasteiger partial charge in [-0.2, -0.15) is 0 Å². The van der Waals surface area contributed by atoms with Gasteiger partial charge in [0.1, 0.15) is 0 Å². The molecule has 18 heavy (non-hydrogen) atoms. The third kappa shape index (κ3) is 2.90. The van der Waals surface area contributed by atoms with E-state index in [1.54, 1.807) is 0 Å². The standard InChI is InChI=1S/C15H25N3/c1-4-13(16)14(12-6-5-8-17-10-12)18-9-7-15(2,3)11-18/h5-6,8,10,13-14H,4,7,9,11,16H2,1-3H3. The number of aromatic nitrogens is 1. The Kier molecular flexibility index (Phi) is 4.03. The van der Waals surface area contributed by atoms with Crippen LogP contribution >= 0.6 is 0 Å². The van der Waals surface area contributed by atoms with Crippen LogP contribution in [0.25, 0.3) is 0 Å².